The molecule has 3 aliphatic heterocycles. The van der Waals surface area contributed by atoms with Crippen LogP contribution >= 0.6 is 0 Å². The molecule has 28 heavy (non-hydrogen) atoms. The summed E-state index contributed by atoms with van der Waals surface area (Å²) in [6.45, 7) is 3.05. The van der Waals surface area contributed by atoms with Gasteiger partial charge in [0.05, 0.1) is 30.0 Å². The van der Waals surface area contributed by atoms with E-state index in [1.807, 2.05) is 4.90 Å². The molecule has 0 saturated carbocycles. The first-order valence-corrected chi connectivity index (χ1v) is 9.24. The van der Waals surface area contributed by atoms with Crippen LogP contribution in [0, 0.1) is 0 Å². The van der Waals surface area contributed by atoms with Crippen molar-refractivity contribution in [3.8, 4) is 11.3 Å². The third kappa shape index (κ3) is 2.92. The maximum Gasteiger partial charge on any atom is 0.419 e. The minimum atomic E-state index is -4.57. The molecule has 2 atom stereocenters. The Bertz CT molecular complexity index is 917. The van der Waals surface area contributed by atoms with Crippen LogP contribution in [-0.4, -0.2) is 53.3 Å². The molecule has 0 aliphatic carbocycles. The number of nitrogens with two attached hydrogens (primary N) is 1. The normalized spacial score (nSPS) is 24.0. The zero-order valence-corrected chi connectivity index (χ0v) is 15.0. The molecule has 0 spiro atoms. The van der Waals surface area contributed by atoms with Gasteiger partial charge in [0.25, 0.3) is 0 Å². The Morgan fingerprint density at radius 1 is 1.18 bits per heavy atom. The number of rotatable bonds is 3. The Morgan fingerprint density at radius 3 is 2.61 bits per heavy atom. The molecule has 2 bridgehead atoms. The fraction of sp³-hybridized carbons (Fsp3) is 0.500. The van der Waals surface area contributed by atoms with Gasteiger partial charge in [0.15, 0.2) is 0 Å². The van der Waals surface area contributed by atoms with Gasteiger partial charge >= 0.3 is 6.18 Å². The largest absolute Gasteiger partial charge is 0.419 e. The second-order valence-corrected chi connectivity index (χ2v) is 7.40. The lowest BCUT2D eigenvalue weighted by Crippen LogP contribution is -2.40. The third-order valence-corrected chi connectivity index (χ3v) is 5.55. The van der Waals surface area contributed by atoms with Crippen LogP contribution in [0.1, 0.15) is 18.4 Å². The average Bonchev–Trinajstić information content (AvgIpc) is 3.22. The Hall–Kier alpha value is -2.62. The van der Waals surface area contributed by atoms with Crippen LogP contribution in [0.2, 0.25) is 0 Å². The second kappa shape index (κ2) is 6.20. The van der Waals surface area contributed by atoms with Gasteiger partial charge in [-0.15, -0.1) is 0 Å². The lowest BCUT2D eigenvalue weighted by Gasteiger charge is -2.33. The van der Waals surface area contributed by atoms with E-state index in [1.54, 1.807) is 6.07 Å². The Labute approximate surface area is 159 Å². The quantitative estimate of drug-likeness (QED) is 0.859. The number of nitrogens with zero attached hydrogens (tertiary/aromatic N) is 5. The highest BCUT2D eigenvalue weighted by molar-refractivity contribution is 5.67. The van der Waals surface area contributed by atoms with Crippen LogP contribution in [-0.2, 0) is 10.9 Å². The first kappa shape index (κ1) is 17.5. The lowest BCUT2D eigenvalue weighted by atomic mass is 10.1. The van der Waals surface area contributed by atoms with Gasteiger partial charge < -0.3 is 20.3 Å². The molecule has 3 fully saturated rings. The van der Waals surface area contributed by atoms with Crippen molar-refractivity contribution in [2.45, 2.75) is 31.2 Å². The van der Waals surface area contributed by atoms with Crippen molar-refractivity contribution in [2.75, 3.05) is 41.8 Å². The van der Waals surface area contributed by atoms with Gasteiger partial charge in [-0.2, -0.15) is 18.2 Å². The Balaban J connectivity index is 1.58. The maximum atomic E-state index is 13.3. The van der Waals surface area contributed by atoms with Crippen molar-refractivity contribution in [2.24, 2.45) is 0 Å². The van der Waals surface area contributed by atoms with E-state index in [1.165, 1.54) is 6.20 Å². The van der Waals surface area contributed by atoms with Crippen LogP contribution in [0.5, 0.6) is 0 Å². The summed E-state index contributed by atoms with van der Waals surface area (Å²) in [7, 11) is 0. The Kier molecular flexibility index (Phi) is 3.87. The highest BCUT2D eigenvalue weighted by Crippen LogP contribution is 2.37. The number of nitrogen functional groups attached to an aromatic ring is 1. The highest BCUT2D eigenvalue weighted by Gasteiger charge is 2.40. The zero-order chi connectivity index (χ0) is 19.5. The smallest absolute Gasteiger partial charge is 0.383 e. The molecule has 148 valence electrons. The summed E-state index contributed by atoms with van der Waals surface area (Å²) in [5, 5.41) is 0. The molecule has 2 aromatic rings. The summed E-state index contributed by atoms with van der Waals surface area (Å²) in [5.74, 6) is 0.711. The topological polar surface area (TPSA) is 80.4 Å². The van der Waals surface area contributed by atoms with Crippen LogP contribution in [0.15, 0.2) is 18.3 Å². The molecule has 5 heterocycles. The predicted molar refractivity (Wildman–Crippen MR) is 97.0 cm³/mol. The van der Waals surface area contributed by atoms with E-state index in [2.05, 4.69) is 19.9 Å². The van der Waals surface area contributed by atoms with E-state index in [-0.39, 0.29) is 17.7 Å². The van der Waals surface area contributed by atoms with Gasteiger partial charge in [0.2, 0.25) is 5.95 Å². The molecule has 10 heteroatoms. The molecule has 0 amide bonds. The zero-order valence-electron chi connectivity index (χ0n) is 15.0. The number of anilines is 3. The fourth-order valence-corrected chi connectivity index (χ4v) is 3.90. The molecule has 7 nitrogen and oxygen atoms in total. The van der Waals surface area contributed by atoms with Crippen LogP contribution in [0.4, 0.5) is 30.8 Å². The van der Waals surface area contributed by atoms with E-state index in [9.17, 15) is 13.2 Å². The molecule has 3 saturated heterocycles. The van der Waals surface area contributed by atoms with E-state index >= 15 is 0 Å². The van der Waals surface area contributed by atoms with Gasteiger partial charge in [-0.05, 0) is 18.9 Å². The summed E-state index contributed by atoms with van der Waals surface area (Å²) in [6.07, 6.45) is -1.07. The standard InChI is InChI=1S/C18H19F3N6O/c19-18(20,21)13-4-10(7-23-16(13)22)14-6-15(25-17(24-14)26-2-1-3-26)27-8-12-5-11(27)9-28-12/h4,6-7,11-12H,1-3,5,8-9H2,(H2,22,23)/t11-,12-/m0/s1. The number of pyridine rings is 1. The van der Waals surface area contributed by atoms with Gasteiger partial charge in [0.1, 0.15) is 11.6 Å². The second-order valence-electron chi connectivity index (χ2n) is 7.40. The van der Waals surface area contributed by atoms with Crippen molar-refractivity contribution in [1.29, 1.82) is 0 Å². The van der Waals surface area contributed by atoms with Gasteiger partial charge in [-0.3, -0.25) is 0 Å². The minimum Gasteiger partial charge on any atom is -0.383 e. The van der Waals surface area contributed by atoms with Crippen molar-refractivity contribution in [1.82, 2.24) is 15.0 Å². The molecule has 2 aromatic heterocycles. The van der Waals surface area contributed by atoms with Crippen LogP contribution in [0.25, 0.3) is 11.3 Å². The first-order valence-electron chi connectivity index (χ1n) is 9.24. The van der Waals surface area contributed by atoms with E-state index in [0.717, 1.165) is 38.5 Å². The van der Waals surface area contributed by atoms with Crippen molar-refractivity contribution in [3.63, 3.8) is 0 Å². The molecule has 0 aromatic carbocycles. The Morgan fingerprint density at radius 2 is 2.00 bits per heavy atom. The third-order valence-electron chi connectivity index (χ3n) is 5.55. The van der Waals surface area contributed by atoms with E-state index in [0.29, 0.717) is 24.1 Å². The number of morpholine rings is 1. The van der Waals surface area contributed by atoms with Crippen molar-refractivity contribution >= 4 is 17.6 Å². The van der Waals surface area contributed by atoms with Crippen LogP contribution < -0.4 is 15.5 Å². The highest BCUT2D eigenvalue weighted by atomic mass is 19.4. The van der Waals surface area contributed by atoms with Gasteiger partial charge in [0, 0.05) is 37.5 Å². The number of alkyl halides is 3. The van der Waals surface area contributed by atoms with Crippen LogP contribution in [0.3, 0.4) is 0 Å². The summed E-state index contributed by atoms with van der Waals surface area (Å²) < 4.78 is 45.4. The van der Waals surface area contributed by atoms with E-state index in [4.69, 9.17) is 10.5 Å². The molecule has 0 unspecified atom stereocenters. The maximum absolute atomic E-state index is 13.3. The molecular weight excluding hydrogens is 373 g/mol. The number of halogens is 3. The minimum absolute atomic E-state index is 0.186. The number of hydrogen-bond donors (Lipinski definition) is 1. The molecule has 3 aliphatic rings. The molecule has 2 N–H and O–H groups in total. The average molecular weight is 392 g/mol. The van der Waals surface area contributed by atoms with Crippen molar-refractivity contribution in [3.05, 3.63) is 23.9 Å². The lowest BCUT2D eigenvalue weighted by molar-refractivity contribution is -0.137. The number of fused-ring (bicyclic) bond motifs is 2. The number of aromatic nitrogens is 3. The molecule has 0 radical (unpaired) electrons. The predicted octanol–water partition coefficient (Wildman–Crippen LogP) is 2.33. The fourth-order valence-electron chi connectivity index (χ4n) is 3.90. The first-order chi connectivity index (χ1) is 13.4. The van der Waals surface area contributed by atoms with E-state index < -0.39 is 17.6 Å². The van der Waals surface area contributed by atoms with Gasteiger partial charge in [-0.1, -0.05) is 0 Å². The summed E-state index contributed by atoms with van der Waals surface area (Å²) in [4.78, 5) is 17.1. The van der Waals surface area contributed by atoms with Crippen molar-refractivity contribution < 1.29 is 17.9 Å². The summed E-state index contributed by atoms with van der Waals surface area (Å²) in [5.41, 5.74) is 5.17. The molecule has 5 rings (SSSR count). The summed E-state index contributed by atoms with van der Waals surface area (Å²) >= 11 is 0. The van der Waals surface area contributed by atoms with Gasteiger partial charge in [-0.25, -0.2) is 9.97 Å². The summed E-state index contributed by atoms with van der Waals surface area (Å²) in [6, 6.07) is 2.98. The number of hydrogen-bond acceptors (Lipinski definition) is 7. The number of ether oxygens (including phenoxy) is 1. The SMILES string of the molecule is Nc1ncc(-c2cc(N3C[C@@H]4C[C@H]3CO4)nc(N3CCC3)n2)cc1C(F)(F)F. The monoisotopic (exact) mass is 392 g/mol. The molecular formula is C18H19F3N6O.